The molecule has 1 heterocycles. The van der Waals surface area contributed by atoms with E-state index in [0.29, 0.717) is 13.1 Å². The van der Waals surface area contributed by atoms with Crippen molar-refractivity contribution in [3.63, 3.8) is 0 Å². The topological polar surface area (TPSA) is 53.7 Å². The number of para-hydroxylation sites is 1. The molecule has 2 rings (SSSR count). The van der Waals surface area contributed by atoms with Crippen LogP contribution in [0.5, 0.6) is 0 Å². The van der Waals surface area contributed by atoms with Gasteiger partial charge in [-0.1, -0.05) is 18.2 Å². The van der Waals surface area contributed by atoms with Crippen molar-refractivity contribution in [3.8, 4) is 0 Å². The Labute approximate surface area is 112 Å². The van der Waals surface area contributed by atoms with Gasteiger partial charge in [0.05, 0.1) is 13.0 Å². The number of aliphatic carboxylic acids is 1. The average molecular weight is 261 g/mol. The van der Waals surface area contributed by atoms with Crippen molar-refractivity contribution in [1.82, 2.24) is 4.90 Å². The third kappa shape index (κ3) is 2.96. The Morgan fingerprint density at radius 2 is 2.11 bits per heavy atom. The molecule has 0 fully saturated rings. The summed E-state index contributed by atoms with van der Waals surface area (Å²) in [5, 5.41) is 9.82. The molecule has 1 aromatic heterocycles. The molecule has 0 aliphatic heterocycles. The Morgan fingerprint density at radius 1 is 1.37 bits per heavy atom. The van der Waals surface area contributed by atoms with Crippen molar-refractivity contribution in [2.24, 2.45) is 0 Å². The van der Waals surface area contributed by atoms with Gasteiger partial charge in [-0.3, -0.25) is 9.69 Å². The number of carboxylic acid groups (broad SMARTS) is 1. The second-order valence-electron chi connectivity index (χ2n) is 4.98. The van der Waals surface area contributed by atoms with Crippen LogP contribution in [0.15, 0.2) is 22.6 Å². The minimum atomic E-state index is -0.774. The van der Waals surface area contributed by atoms with E-state index in [2.05, 4.69) is 6.07 Å². The first-order valence-electron chi connectivity index (χ1n) is 6.37. The molecule has 0 amide bonds. The van der Waals surface area contributed by atoms with Crippen molar-refractivity contribution >= 4 is 16.9 Å². The van der Waals surface area contributed by atoms with Crippen LogP contribution in [0.1, 0.15) is 23.3 Å². The molecule has 4 nitrogen and oxygen atoms in total. The molecule has 1 aromatic carbocycles. The summed E-state index contributed by atoms with van der Waals surface area (Å²) in [5.41, 5.74) is 3.20. The highest BCUT2D eigenvalue weighted by Gasteiger charge is 2.13. The monoisotopic (exact) mass is 261 g/mol. The summed E-state index contributed by atoms with van der Waals surface area (Å²) in [7, 11) is 1.91. The Hall–Kier alpha value is -1.81. The zero-order valence-corrected chi connectivity index (χ0v) is 11.6. The first kappa shape index (κ1) is 13.6. The number of benzene rings is 1. The lowest BCUT2D eigenvalue weighted by Crippen LogP contribution is -2.21. The normalized spacial score (nSPS) is 11.4. The summed E-state index contributed by atoms with van der Waals surface area (Å²) in [5.74, 6) is 0.140. The van der Waals surface area contributed by atoms with Crippen molar-refractivity contribution in [3.05, 3.63) is 35.1 Å². The average Bonchev–Trinajstić information content (AvgIpc) is 2.66. The van der Waals surface area contributed by atoms with Crippen LogP contribution in [0.4, 0.5) is 0 Å². The molecule has 0 unspecified atom stereocenters. The maximum absolute atomic E-state index is 10.6. The van der Waals surface area contributed by atoms with Gasteiger partial charge in [0.15, 0.2) is 0 Å². The van der Waals surface area contributed by atoms with Crippen LogP contribution in [-0.4, -0.2) is 29.6 Å². The predicted octanol–water partition coefficient (Wildman–Crippen LogP) is 2.96. The van der Waals surface area contributed by atoms with E-state index in [1.165, 1.54) is 0 Å². The van der Waals surface area contributed by atoms with Crippen molar-refractivity contribution in [2.75, 3.05) is 13.6 Å². The van der Waals surface area contributed by atoms with Crippen LogP contribution in [0.25, 0.3) is 11.0 Å². The largest absolute Gasteiger partial charge is 0.481 e. The molecule has 1 N–H and O–H groups in total. The van der Waals surface area contributed by atoms with Crippen LogP contribution in [0.2, 0.25) is 0 Å². The summed E-state index contributed by atoms with van der Waals surface area (Å²) in [6.45, 7) is 5.23. The lowest BCUT2D eigenvalue weighted by Gasteiger charge is -2.13. The predicted molar refractivity (Wildman–Crippen MR) is 74.3 cm³/mol. The van der Waals surface area contributed by atoms with E-state index in [9.17, 15) is 4.79 Å². The molecule has 2 aromatic rings. The zero-order valence-electron chi connectivity index (χ0n) is 11.6. The van der Waals surface area contributed by atoms with Gasteiger partial charge >= 0.3 is 5.97 Å². The van der Waals surface area contributed by atoms with Crippen LogP contribution >= 0.6 is 0 Å². The van der Waals surface area contributed by atoms with Gasteiger partial charge < -0.3 is 9.52 Å². The second kappa shape index (κ2) is 5.45. The number of rotatable bonds is 5. The van der Waals surface area contributed by atoms with E-state index in [1.54, 1.807) is 0 Å². The highest BCUT2D eigenvalue weighted by atomic mass is 16.4. The number of nitrogens with zero attached hydrogens (tertiary/aromatic N) is 1. The van der Waals surface area contributed by atoms with Crippen LogP contribution in [0.3, 0.4) is 0 Å². The molecule has 4 heteroatoms. The van der Waals surface area contributed by atoms with Gasteiger partial charge in [-0.15, -0.1) is 0 Å². The first-order chi connectivity index (χ1) is 8.99. The second-order valence-corrected chi connectivity index (χ2v) is 4.98. The molecular formula is C15H19NO3. The third-order valence-electron chi connectivity index (χ3n) is 3.38. The fraction of sp³-hybridized carbons (Fsp3) is 0.400. The van der Waals surface area contributed by atoms with Gasteiger partial charge in [0.1, 0.15) is 11.3 Å². The molecule has 0 radical (unpaired) electrons. The van der Waals surface area contributed by atoms with E-state index < -0.39 is 5.97 Å². The lowest BCUT2D eigenvalue weighted by molar-refractivity contribution is -0.137. The Kier molecular flexibility index (Phi) is 3.90. The molecule has 0 atom stereocenters. The van der Waals surface area contributed by atoms with Crippen LogP contribution in [-0.2, 0) is 11.3 Å². The summed E-state index contributed by atoms with van der Waals surface area (Å²) in [6, 6.07) is 6.11. The molecule has 0 bridgehead atoms. The Bertz CT molecular complexity index is 601. The zero-order chi connectivity index (χ0) is 14.0. The number of carbonyl (C=O) groups is 1. The van der Waals surface area contributed by atoms with Gasteiger partial charge in [0.25, 0.3) is 0 Å². The quantitative estimate of drug-likeness (QED) is 0.899. The number of fused-ring (bicyclic) bond motifs is 1. The van der Waals surface area contributed by atoms with Gasteiger partial charge in [-0.05, 0) is 32.0 Å². The van der Waals surface area contributed by atoms with E-state index in [1.807, 2.05) is 37.9 Å². The first-order valence-corrected chi connectivity index (χ1v) is 6.37. The Morgan fingerprint density at radius 3 is 2.74 bits per heavy atom. The molecule has 0 saturated carbocycles. The molecule has 102 valence electrons. The minimum absolute atomic E-state index is 0.148. The van der Waals surface area contributed by atoms with Gasteiger partial charge in [-0.2, -0.15) is 0 Å². The molecule has 0 aliphatic carbocycles. The van der Waals surface area contributed by atoms with Crippen molar-refractivity contribution in [1.29, 1.82) is 0 Å². The number of carboxylic acids is 1. The molecule has 0 aliphatic rings. The summed E-state index contributed by atoms with van der Waals surface area (Å²) >= 11 is 0. The fourth-order valence-electron chi connectivity index (χ4n) is 2.19. The van der Waals surface area contributed by atoms with Crippen LogP contribution in [0, 0.1) is 13.8 Å². The molecule has 19 heavy (non-hydrogen) atoms. The van der Waals surface area contributed by atoms with E-state index >= 15 is 0 Å². The van der Waals surface area contributed by atoms with Gasteiger partial charge in [0.2, 0.25) is 0 Å². The summed E-state index contributed by atoms with van der Waals surface area (Å²) in [4.78, 5) is 12.5. The highest BCUT2D eigenvalue weighted by molar-refractivity contribution is 5.84. The summed E-state index contributed by atoms with van der Waals surface area (Å²) < 4.78 is 5.92. The van der Waals surface area contributed by atoms with E-state index in [0.717, 1.165) is 27.9 Å². The molecular weight excluding hydrogens is 242 g/mol. The number of aryl methyl sites for hydroxylation is 2. The maximum atomic E-state index is 10.6. The van der Waals surface area contributed by atoms with Crippen LogP contribution < -0.4 is 0 Å². The van der Waals surface area contributed by atoms with Crippen molar-refractivity contribution < 1.29 is 14.3 Å². The van der Waals surface area contributed by atoms with E-state index in [-0.39, 0.29) is 6.42 Å². The van der Waals surface area contributed by atoms with E-state index in [4.69, 9.17) is 9.52 Å². The fourth-order valence-corrected chi connectivity index (χ4v) is 2.19. The maximum Gasteiger partial charge on any atom is 0.304 e. The number of furan rings is 1. The SMILES string of the molecule is Cc1c(CN(C)CCC(=O)O)oc2c(C)cccc12. The highest BCUT2D eigenvalue weighted by Crippen LogP contribution is 2.28. The van der Waals surface area contributed by atoms with Gasteiger partial charge in [0, 0.05) is 11.9 Å². The minimum Gasteiger partial charge on any atom is -0.481 e. The standard InChI is InChI=1S/C15H19NO3/c1-10-5-4-6-12-11(2)13(19-15(10)12)9-16(3)8-7-14(17)18/h4-6H,7-9H2,1-3H3,(H,17,18). The number of hydrogen-bond acceptors (Lipinski definition) is 3. The lowest BCUT2D eigenvalue weighted by atomic mass is 10.1. The molecule has 0 spiro atoms. The van der Waals surface area contributed by atoms with Gasteiger partial charge in [-0.25, -0.2) is 0 Å². The third-order valence-corrected chi connectivity index (χ3v) is 3.38. The smallest absolute Gasteiger partial charge is 0.304 e. The number of hydrogen-bond donors (Lipinski definition) is 1. The Balaban J connectivity index is 2.19. The van der Waals surface area contributed by atoms with Crippen molar-refractivity contribution in [2.45, 2.75) is 26.8 Å². The molecule has 0 saturated heterocycles. The summed E-state index contributed by atoms with van der Waals surface area (Å²) in [6.07, 6.45) is 0.148.